The molecule has 1 N–H and O–H groups in total. The number of rotatable bonds is 7. The molecule has 2 heterocycles. The highest BCUT2D eigenvalue weighted by Crippen LogP contribution is 2.40. The van der Waals surface area contributed by atoms with E-state index in [1.54, 1.807) is 36.7 Å². The highest BCUT2D eigenvalue weighted by Gasteiger charge is 2.32. The average molecular weight is 580 g/mol. The molecule has 40 heavy (non-hydrogen) atoms. The van der Waals surface area contributed by atoms with E-state index in [9.17, 15) is 18.0 Å². The number of benzene rings is 3. The smallest absolute Gasteiger partial charge is 0.323 e. The Hall–Kier alpha value is -4.15. The van der Waals surface area contributed by atoms with Gasteiger partial charge in [0, 0.05) is 18.0 Å². The van der Waals surface area contributed by atoms with Crippen molar-refractivity contribution in [3.63, 3.8) is 0 Å². The first-order valence-corrected chi connectivity index (χ1v) is 13.3. The van der Waals surface area contributed by atoms with Gasteiger partial charge in [-0.05, 0) is 54.4 Å². The van der Waals surface area contributed by atoms with Gasteiger partial charge in [-0.25, -0.2) is 0 Å². The number of hydrogen-bond acceptors (Lipinski definition) is 5. The summed E-state index contributed by atoms with van der Waals surface area (Å²) in [5.41, 5.74) is 2.11. The maximum absolute atomic E-state index is 13.7. The summed E-state index contributed by atoms with van der Waals surface area (Å²) in [6, 6.07) is 23.0. The molecule has 0 aliphatic heterocycles. The van der Waals surface area contributed by atoms with E-state index >= 15 is 0 Å². The molecule has 5 rings (SSSR count). The van der Waals surface area contributed by atoms with Crippen molar-refractivity contribution >= 4 is 35.0 Å². The van der Waals surface area contributed by atoms with Crippen LogP contribution in [0, 0.1) is 6.92 Å². The van der Waals surface area contributed by atoms with E-state index in [0.717, 1.165) is 46.8 Å². The Morgan fingerprint density at radius 3 is 2.35 bits per heavy atom. The lowest BCUT2D eigenvalue weighted by Crippen LogP contribution is -2.20. The molecule has 0 saturated heterocycles. The van der Waals surface area contributed by atoms with Gasteiger partial charge in [-0.15, -0.1) is 10.2 Å². The fourth-order valence-electron chi connectivity index (χ4n) is 4.07. The van der Waals surface area contributed by atoms with Gasteiger partial charge in [-0.3, -0.25) is 14.3 Å². The summed E-state index contributed by atoms with van der Waals surface area (Å²) < 4.78 is 41.9. The molecule has 0 saturated carbocycles. The summed E-state index contributed by atoms with van der Waals surface area (Å²) in [7, 11) is 0. The summed E-state index contributed by atoms with van der Waals surface area (Å²) >= 11 is 7.30. The Kier molecular flexibility index (Phi) is 7.90. The van der Waals surface area contributed by atoms with Crippen molar-refractivity contribution in [3.05, 3.63) is 119 Å². The number of anilines is 1. The SMILES string of the molecule is Cc1ccccc1-n1c(S[C@@H](C(=O)Nc2cc(C(F)(F)F)ccc2Cl)c2ccccc2)nnc1-c1ccncc1. The molecular formula is C29H21ClF3N5OS. The normalized spacial score (nSPS) is 12.2. The number of alkyl halides is 3. The number of nitrogens with zero attached hydrogens (tertiary/aromatic N) is 4. The molecular weight excluding hydrogens is 559 g/mol. The van der Waals surface area contributed by atoms with Crippen LogP contribution in [0.3, 0.4) is 0 Å². The molecule has 1 atom stereocenters. The van der Waals surface area contributed by atoms with E-state index in [2.05, 4.69) is 20.5 Å². The second-order valence-electron chi connectivity index (χ2n) is 8.75. The predicted molar refractivity (Wildman–Crippen MR) is 149 cm³/mol. The van der Waals surface area contributed by atoms with Crippen LogP contribution >= 0.6 is 23.4 Å². The lowest BCUT2D eigenvalue weighted by molar-refractivity contribution is -0.137. The van der Waals surface area contributed by atoms with Crippen LogP contribution in [0.15, 0.2) is 102 Å². The average Bonchev–Trinajstić information content (AvgIpc) is 3.37. The minimum atomic E-state index is -4.59. The van der Waals surface area contributed by atoms with Gasteiger partial charge < -0.3 is 5.32 Å². The fraction of sp³-hybridized carbons (Fsp3) is 0.103. The Bertz CT molecular complexity index is 1650. The number of carbonyl (C=O) groups is 1. The summed E-state index contributed by atoms with van der Waals surface area (Å²) in [4.78, 5) is 17.8. The van der Waals surface area contributed by atoms with Crippen LogP contribution in [-0.4, -0.2) is 25.7 Å². The number of para-hydroxylation sites is 1. The molecule has 11 heteroatoms. The molecule has 0 fully saturated rings. The van der Waals surface area contributed by atoms with Gasteiger partial charge in [-0.2, -0.15) is 13.2 Å². The van der Waals surface area contributed by atoms with Gasteiger partial charge in [0.1, 0.15) is 5.25 Å². The molecule has 6 nitrogen and oxygen atoms in total. The number of aryl methyl sites for hydroxylation is 1. The number of amides is 1. The minimum Gasteiger partial charge on any atom is -0.323 e. The lowest BCUT2D eigenvalue weighted by atomic mass is 10.1. The molecule has 3 aromatic carbocycles. The monoisotopic (exact) mass is 579 g/mol. The van der Waals surface area contributed by atoms with E-state index < -0.39 is 22.9 Å². The molecule has 0 spiro atoms. The van der Waals surface area contributed by atoms with Crippen LogP contribution in [0.25, 0.3) is 17.1 Å². The number of thioether (sulfide) groups is 1. The van der Waals surface area contributed by atoms with Gasteiger partial charge in [-0.1, -0.05) is 71.9 Å². The van der Waals surface area contributed by atoms with Gasteiger partial charge in [0.25, 0.3) is 0 Å². The number of carbonyl (C=O) groups excluding carboxylic acids is 1. The number of hydrogen-bond donors (Lipinski definition) is 1. The van der Waals surface area contributed by atoms with Crippen LogP contribution in [-0.2, 0) is 11.0 Å². The van der Waals surface area contributed by atoms with E-state index in [0.29, 0.717) is 16.5 Å². The molecule has 0 unspecified atom stereocenters. The zero-order valence-corrected chi connectivity index (χ0v) is 22.5. The first kappa shape index (κ1) is 27.4. The summed E-state index contributed by atoms with van der Waals surface area (Å²) in [6.45, 7) is 1.96. The van der Waals surface area contributed by atoms with E-state index in [-0.39, 0.29) is 10.7 Å². The van der Waals surface area contributed by atoms with E-state index in [1.807, 2.05) is 54.0 Å². The third-order valence-corrected chi connectivity index (χ3v) is 7.57. The van der Waals surface area contributed by atoms with Crippen molar-refractivity contribution in [3.8, 4) is 17.1 Å². The number of halogens is 4. The third-order valence-electron chi connectivity index (χ3n) is 6.04. The van der Waals surface area contributed by atoms with Crippen LogP contribution in [0.4, 0.5) is 18.9 Å². The fourth-order valence-corrected chi connectivity index (χ4v) is 5.28. The van der Waals surface area contributed by atoms with Crippen molar-refractivity contribution in [2.75, 3.05) is 5.32 Å². The summed E-state index contributed by atoms with van der Waals surface area (Å²) in [5.74, 6) is -0.0189. The molecule has 0 aliphatic rings. The molecule has 202 valence electrons. The van der Waals surface area contributed by atoms with Gasteiger partial charge >= 0.3 is 6.18 Å². The minimum absolute atomic E-state index is 0.0128. The molecule has 0 aliphatic carbocycles. The second kappa shape index (κ2) is 11.5. The molecule has 1 amide bonds. The highest BCUT2D eigenvalue weighted by atomic mass is 35.5. The predicted octanol–water partition coefficient (Wildman–Crippen LogP) is 7.78. The summed E-state index contributed by atoms with van der Waals surface area (Å²) in [6.07, 6.45) is -1.29. The lowest BCUT2D eigenvalue weighted by Gasteiger charge is -2.19. The molecule has 0 radical (unpaired) electrons. The van der Waals surface area contributed by atoms with Gasteiger partial charge in [0.15, 0.2) is 11.0 Å². The Labute approximate surface area is 237 Å². The van der Waals surface area contributed by atoms with Crippen LogP contribution in [0.1, 0.15) is 21.9 Å². The van der Waals surface area contributed by atoms with Crippen molar-refractivity contribution in [1.82, 2.24) is 19.7 Å². The first-order valence-electron chi connectivity index (χ1n) is 12.0. The van der Waals surface area contributed by atoms with Crippen molar-refractivity contribution in [1.29, 1.82) is 0 Å². The topological polar surface area (TPSA) is 72.7 Å². The third kappa shape index (κ3) is 5.88. The number of aromatic nitrogens is 4. The Morgan fingerprint density at radius 2 is 1.65 bits per heavy atom. The zero-order valence-electron chi connectivity index (χ0n) is 20.9. The van der Waals surface area contributed by atoms with Crippen LogP contribution in [0.5, 0.6) is 0 Å². The van der Waals surface area contributed by atoms with Crippen molar-refractivity contribution in [2.24, 2.45) is 0 Å². The molecule has 0 bridgehead atoms. The highest BCUT2D eigenvalue weighted by molar-refractivity contribution is 8.00. The van der Waals surface area contributed by atoms with Crippen LogP contribution < -0.4 is 5.32 Å². The van der Waals surface area contributed by atoms with Crippen molar-refractivity contribution in [2.45, 2.75) is 23.5 Å². The first-order chi connectivity index (χ1) is 19.2. The Morgan fingerprint density at radius 1 is 0.950 bits per heavy atom. The largest absolute Gasteiger partial charge is 0.416 e. The number of nitrogens with one attached hydrogen (secondary N) is 1. The molecule has 5 aromatic rings. The van der Waals surface area contributed by atoms with Crippen LogP contribution in [0.2, 0.25) is 5.02 Å². The quantitative estimate of drug-likeness (QED) is 0.199. The maximum Gasteiger partial charge on any atom is 0.416 e. The van der Waals surface area contributed by atoms with Gasteiger partial charge in [0.05, 0.1) is 22.0 Å². The van der Waals surface area contributed by atoms with Gasteiger partial charge in [0.2, 0.25) is 5.91 Å². The Balaban J connectivity index is 1.57. The van der Waals surface area contributed by atoms with Crippen molar-refractivity contribution < 1.29 is 18.0 Å². The summed E-state index contributed by atoms with van der Waals surface area (Å²) in [5, 5.41) is 11.0. The number of pyridine rings is 1. The maximum atomic E-state index is 13.7. The zero-order chi connectivity index (χ0) is 28.3. The standard InChI is InChI=1S/C29H21ClF3N5OS/c1-18-7-5-6-10-24(18)38-26(20-13-15-34-16-14-20)36-37-28(38)40-25(19-8-3-2-4-9-19)27(39)35-23-17-21(29(31,32)33)11-12-22(23)30/h2-17,25H,1H3,(H,35,39)/t25-/m1/s1. The van der Waals surface area contributed by atoms with E-state index in [4.69, 9.17) is 11.6 Å². The van der Waals surface area contributed by atoms with E-state index in [1.165, 1.54) is 0 Å². The molecule has 2 aromatic heterocycles. The second-order valence-corrected chi connectivity index (χ2v) is 10.2.